The van der Waals surface area contributed by atoms with Gasteiger partial charge in [0.15, 0.2) is 5.65 Å². The molecule has 1 aliphatic heterocycles. The number of fused-ring (bicyclic) bond motifs is 3. The molecule has 2 aliphatic rings. The largest absolute Gasteiger partial charge is 0.366 e. The molecule has 6 nitrogen and oxygen atoms in total. The molecule has 0 radical (unpaired) electrons. The molecule has 3 heterocycles. The fourth-order valence-electron chi connectivity index (χ4n) is 5.35. The summed E-state index contributed by atoms with van der Waals surface area (Å²) in [4.78, 5) is 18.8. The molecule has 1 saturated carbocycles. The first-order valence-corrected chi connectivity index (χ1v) is 10.8. The lowest BCUT2D eigenvalue weighted by Gasteiger charge is -2.44. The second kappa shape index (κ2) is 6.98. The Morgan fingerprint density at radius 1 is 1.19 bits per heavy atom. The number of imidazole rings is 1. The minimum Gasteiger partial charge on any atom is -0.366 e. The average Bonchev–Trinajstić information content (AvgIpc) is 3.27. The first kappa shape index (κ1) is 20.4. The van der Waals surface area contributed by atoms with Crippen molar-refractivity contribution in [2.45, 2.75) is 62.8 Å². The van der Waals surface area contributed by atoms with E-state index in [1.807, 2.05) is 6.20 Å². The number of alkyl halides is 2. The van der Waals surface area contributed by atoms with Gasteiger partial charge in [0, 0.05) is 42.1 Å². The third kappa shape index (κ3) is 3.39. The summed E-state index contributed by atoms with van der Waals surface area (Å²) in [7, 11) is 0. The van der Waals surface area contributed by atoms with Crippen molar-refractivity contribution in [3.05, 3.63) is 35.3 Å². The van der Waals surface area contributed by atoms with Crippen LogP contribution in [0.4, 0.5) is 13.2 Å². The van der Waals surface area contributed by atoms with Crippen LogP contribution in [0.5, 0.6) is 0 Å². The molecule has 0 spiro atoms. The highest BCUT2D eigenvalue weighted by Crippen LogP contribution is 2.41. The maximum atomic E-state index is 14.0. The Balaban J connectivity index is 1.42. The van der Waals surface area contributed by atoms with Gasteiger partial charge < -0.3 is 10.6 Å². The molecular weight excluding hydrogens is 407 g/mol. The van der Waals surface area contributed by atoms with Crippen LogP contribution >= 0.6 is 0 Å². The summed E-state index contributed by atoms with van der Waals surface area (Å²) in [6.45, 7) is 3.86. The van der Waals surface area contributed by atoms with Gasteiger partial charge in [0.1, 0.15) is 11.3 Å². The number of aromatic nitrogens is 3. The van der Waals surface area contributed by atoms with Gasteiger partial charge in [0.2, 0.25) is 5.92 Å². The Morgan fingerprint density at radius 2 is 1.87 bits per heavy atom. The summed E-state index contributed by atoms with van der Waals surface area (Å²) in [5.74, 6) is -3.77. The van der Waals surface area contributed by atoms with E-state index in [0.717, 1.165) is 37.6 Å². The van der Waals surface area contributed by atoms with E-state index in [9.17, 15) is 18.0 Å². The molecule has 0 unspecified atom stereocenters. The van der Waals surface area contributed by atoms with Gasteiger partial charge in [-0.25, -0.2) is 22.7 Å². The van der Waals surface area contributed by atoms with Crippen LogP contribution in [0.3, 0.4) is 0 Å². The monoisotopic (exact) mass is 433 g/mol. The van der Waals surface area contributed by atoms with Crippen molar-refractivity contribution in [1.82, 2.24) is 19.5 Å². The number of amides is 1. The molecule has 0 bridgehead atoms. The Morgan fingerprint density at radius 3 is 2.52 bits per heavy atom. The third-order valence-corrected chi connectivity index (χ3v) is 7.32. The van der Waals surface area contributed by atoms with Gasteiger partial charge in [-0.05, 0) is 44.8 Å². The second-order valence-electron chi connectivity index (χ2n) is 9.33. The topological polar surface area (TPSA) is 79.4 Å². The molecule has 3 aromatic rings. The van der Waals surface area contributed by atoms with E-state index in [1.165, 1.54) is 6.07 Å². The van der Waals surface area contributed by atoms with Gasteiger partial charge in [-0.1, -0.05) is 6.92 Å². The zero-order valence-electron chi connectivity index (χ0n) is 17.4. The van der Waals surface area contributed by atoms with E-state index < -0.39 is 17.6 Å². The van der Waals surface area contributed by atoms with E-state index >= 15 is 0 Å². The molecule has 1 aliphatic carbocycles. The van der Waals surface area contributed by atoms with Gasteiger partial charge in [0.25, 0.3) is 5.91 Å². The summed E-state index contributed by atoms with van der Waals surface area (Å²) >= 11 is 0. The number of nitrogens with two attached hydrogens (primary N) is 1. The van der Waals surface area contributed by atoms with Crippen LogP contribution in [0.25, 0.3) is 16.7 Å². The molecule has 0 atom stereocenters. The lowest BCUT2D eigenvalue weighted by molar-refractivity contribution is -0.0572. The predicted octanol–water partition coefficient (Wildman–Crippen LogP) is 3.99. The van der Waals surface area contributed by atoms with E-state index in [1.54, 1.807) is 4.52 Å². The number of benzene rings is 1. The van der Waals surface area contributed by atoms with Crippen LogP contribution < -0.4 is 5.73 Å². The molecule has 2 fully saturated rings. The van der Waals surface area contributed by atoms with Crippen LogP contribution in [-0.4, -0.2) is 50.5 Å². The number of primary amides is 1. The SMILES string of the molecule is CC1(c2c[nH]n3c2nc2cc(F)cc(C(N)=O)c23)CCN(C2CCC(F)(F)CC2)CC1. The number of nitrogens with one attached hydrogen (secondary N) is 1. The first-order valence-electron chi connectivity index (χ1n) is 10.8. The highest BCUT2D eigenvalue weighted by atomic mass is 19.3. The van der Waals surface area contributed by atoms with Gasteiger partial charge in [0.05, 0.1) is 11.1 Å². The lowest BCUT2D eigenvalue weighted by atomic mass is 9.75. The van der Waals surface area contributed by atoms with Crippen molar-refractivity contribution in [2.75, 3.05) is 13.1 Å². The van der Waals surface area contributed by atoms with Crippen molar-refractivity contribution in [2.24, 2.45) is 5.73 Å². The maximum Gasteiger partial charge on any atom is 0.251 e. The molecule has 1 aromatic carbocycles. The van der Waals surface area contributed by atoms with E-state index in [0.29, 0.717) is 29.5 Å². The van der Waals surface area contributed by atoms with E-state index in [2.05, 4.69) is 21.9 Å². The predicted molar refractivity (Wildman–Crippen MR) is 111 cm³/mol. The average molecular weight is 433 g/mol. The van der Waals surface area contributed by atoms with Crippen molar-refractivity contribution >= 4 is 22.6 Å². The molecule has 1 saturated heterocycles. The van der Waals surface area contributed by atoms with Crippen molar-refractivity contribution in [3.8, 4) is 0 Å². The summed E-state index contributed by atoms with van der Waals surface area (Å²) in [5, 5.41) is 3.16. The minimum absolute atomic E-state index is 0.0245. The van der Waals surface area contributed by atoms with Crippen LogP contribution in [0.15, 0.2) is 18.3 Å². The number of carbonyl (C=O) groups is 1. The Labute approximate surface area is 177 Å². The molecule has 3 N–H and O–H groups in total. The van der Waals surface area contributed by atoms with E-state index in [-0.39, 0.29) is 29.9 Å². The number of rotatable bonds is 3. The highest BCUT2D eigenvalue weighted by Gasteiger charge is 2.40. The molecule has 166 valence electrons. The fourth-order valence-corrected chi connectivity index (χ4v) is 5.35. The lowest BCUT2D eigenvalue weighted by Crippen LogP contribution is -2.48. The van der Waals surface area contributed by atoms with Crippen LogP contribution in [0, 0.1) is 5.82 Å². The standard InChI is InChI=1S/C22H26F3N5O/c1-21(6-8-29(9-7-21)14-2-4-22(24,25)5-3-14)16-12-27-30-18-15(19(26)31)10-13(23)11-17(18)28-20(16)30/h10-12,14,27H,2-9H2,1H3,(H2,26,31). The van der Waals surface area contributed by atoms with Gasteiger partial charge in [-0.3, -0.25) is 9.89 Å². The molecule has 2 aromatic heterocycles. The number of halogens is 3. The van der Waals surface area contributed by atoms with Gasteiger partial charge in [-0.2, -0.15) is 0 Å². The summed E-state index contributed by atoms with van der Waals surface area (Å²) in [6, 6.07) is 2.66. The zero-order valence-corrected chi connectivity index (χ0v) is 17.4. The number of carbonyl (C=O) groups excluding carboxylic acids is 1. The number of piperidine rings is 1. The minimum atomic E-state index is -2.51. The van der Waals surface area contributed by atoms with Crippen molar-refractivity contribution in [3.63, 3.8) is 0 Å². The first-order chi connectivity index (χ1) is 14.7. The number of H-pyrrole nitrogens is 1. The quantitative estimate of drug-likeness (QED) is 0.656. The third-order valence-electron chi connectivity index (χ3n) is 7.32. The molecule has 1 amide bonds. The molecular formula is C22H26F3N5O. The smallest absolute Gasteiger partial charge is 0.251 e. The second-order valence-corrected chi connectivity index (χ2v) is 9.33. The maximum absolute atomic E-state index is 14.0. The summed E-state index contributed by atoms with van der Waals surface area (Å²) < 4.78 is 42.7. The number of hydrogen-bond acceptors (Lipinski definition) is 3. The normalized spacial score (nSPS) is 22.3. The number of hydrogen-bond donors (Lipinski definition) is 2. The fraction of sp³-hybridized carbons (Fsp3) is 0.545. The van der Waals surface area contributed by atoms with E-state index in [4.69, 9.17) is 5.73 Å². The Kier molecular flexibility index (Phi) is 4.58. The number of aromatic amines is 1. The van der Waals surface area contributed by atoms with Crippen molar-refractivity contribution < 1.29 is 18.0 Å². The van der Waals surface area contributed by atoms with Gasteiger partial charge >= 0.3 is 0 Å². The Hall–Kier alpha value is -2.55. The molecule has 9 heteroatoms. The molecule has 5 rings (SSSR count). The van der Waals surface area contributed by atoms with Crippen LogP contribution in [0.2, 0.25) is 0 Å². The van der Waals surface area contributed by atoms with Gasteiger partial charge in [-0.15, -0.1) is 0 Å². The Bertz CT molecular complexity index is 1150. The zero-order chi connectivity index (χ0) is 22.0. The van der Waals surface area contributed by atoms with Crippen LogP contribution in [0.1, 0.15) is 61.4 Å². The molecule has 31 heavy (non-hydrogen) atoms. The highest BCUT2D eigenvalue weighted by molar-refractivity contribution is 6.05. The number of likely N-dealkylation sites (tertiary alicyclic amines) is 1. The van der Waals surface area contributed by atoms with Crippen molar-refractivity contribution in [1.29, 1.82) is 0 Å². The summed E-state index contributed by atoms with van der Waals surface area (Å²) in [6.07, 6.45) is 4.68. The van der Waals surface area contributed by atoms with Crippen LogP contribution in [-0.2, 0) is 5.41 Å². The summed E-state index contributed by atoms with van der Waals surface area (Å²) in [5.41, 5.74) is 7.91. The number of nitrogens with zero attached hydrogens (tertiary/aromatic N) is 3.